The molecule has 1 atom stereocenters. The van der Waals surface area contributed by atoms with Gasteiger partial charge in [-0.05, 0) is 44.0 Å². The van der Waals surface area contributed by atoms with Crippen LogP contribution in [0.15, 0.2) is 42.6 Å². The molecule has 0 fully saturated rings. The van der Waals surface area contributed by atoms with Gasteiger partial charge < -0.3 is 5.32 Å². The molecule has 0 amide bonds. The summed E-state index contributed by atoms with van der Waals surface area (Å²) in [5.41, 5.74) is 4.92. The molecule has 2 nitrogen and oxygen atoms in total. The normalized spacial score (nSPS) is 12.4. The molecule has 1 N–H and O–H groups in total. The van der Waals surface area contributed by atoms with Crippen LogP contribution >= 0.6 is 0 Å². The van der Waals surface area contributed by atoms with Crippen molar-refractivity contribution in [1.82, 2.24) is 10.3 Å². The zero-order valence-corrected chi connectivity index (χ0v) is 12.0. The van der Waals surface area contributed by atoms with Gasteiger partial charge in [0, 0.05) is 6.20 Å². The molecule has 0 aliphatic rings. The van der Waals surface area contributed by atoms with E-state index in [9.17, 15) is 0 Å². The molecular formula is C17H22N2. The molecule has 0 radical (unpaired) electrons. The smallest absolute Gasteiger partial charge is 0.0754 e. The molecule has 0 bridgehead atoms. The van der Waals surface area contributed by atoms with E-state index < -0.39 is 0 Å². The van der Waals surface area contributed by atoms with Crippen LogP contribution in [0.1, 0.15) is 41.8 Å². The fraction of sp³-hybridized carbons (Fsp3) is 0.353. The van der Waals surface area contributed by atoms with Gasteiger partial charge in [-0.3, -0.25) is 4.98 Å². The molecule has 19 heavy (non-hydrogen) atoms. The van der Waals surface area contributed by atoms with Crippen molar-refractivity contribution in [3.05, 3.63) is 65.0 Å². The van der Waals surface area contributed by atoms with Gasteiger partial charge in [-0.2, -0.15) is 0 Å². The van der Waals surface area contributed by atoms with Gasteiger partial charge in [0.1, 0.15) is 0 Å². The summed E-state index contributed by atoms with van der Waals surface area (Å²) in [7, 11) is 0. The zero-order valence-electron chi connectivity index (χ0n) is 12.0. The van der Waals surface area contributed by atoms with Crippen LogP contribution < -0.4 is 5.32 Å². The highest BCUT2D eigenvalue weighted by molar-refractivity contribution is 5.33. The fourth-order valence-electron chi connectivity index (χ4n) is 2.22. The minimum absolute atomic E-state index is 0.182. The first-order valence-corrected chi connectivity index (χ1v) is 6.94. The molecule has 2 aromatic rings. The van der Waals surface area contributed by atoms with Crippen LogP contribution in [-0.4, -0.2) is 11.5 Å². The molecule has 0 saturated carbocycles. The van der Waals surface area contributed by atoms with Crippen LogP contribution in [0.4, 0.5) is 0 Å². The molecule has 1 aromatic heterocycles. The summed E-state index contributed by atoms with van der Waals surface area (Å²) in [6.07, 6.45) is 2.99. The number of nitrogens with zero attached hydrogens (tertiary/aromatic N) is 1. The Balaban J connectivity index is 2.35. The summed E-state index contributed by atoms with van der Waals surface area (Å²) in [6, 6.07) is 13.0. The number of hydrogen-bond donors (Lipinski definition) is 1. The molecule has 0 aliphatic carbocycles. The molecular weight excluding hydrogens is 232 g/mol. The number of pyridine rings is 1. The van der Waals surface area contributed by atoms with Crippen molar-refractivity contribution < 1.29 is 0 Å². The molecule has 0 saturated heterocycles. The zero-order chi connectivity index (χ0) is 13.7. The molecule has 2 heteroatoms. The van der Waals surface area contributed by atoms with Gasteiger partial charge in [0.05, 0.1) is 11.7 Å². The van der Waals surface area contributed by atoms with Gasteiger partial charge in [-0.15, -0.1) is 0 Å². The van der Waals surface area contributed by atoms with E-state index in [0.29, 0.717) is 0 Å². The molecule has 1 unspecified atom stereocenters. The molecule has 2 rings (SSSR count). The Bertz CT molecular complexity index is 517. The van der Waals surface area contributed by atoms with Crippen molar-refractivity contribution in [2.45, 2.75) is 33.2 Å². The van der Waals surface area contributed by atoms with Gasteiger partial charge in [0.25, 0.3) is 0 Å². The van der Waals surface area contributed by atoms with E-state index >= 15 is 0 Å². The topological polar surface area (TPSA) is 24.9 Å². The van der Waals surface area contributed by atoms with E-state index in [1.807, 2.05) is 12.3 Å². The lowest BCUT2D eigenvalue weighted by atomic mass is 9.99. The van der Waals surface area contributed by atoms with Crippen LogP contribution in [0.25, 0.3) is 0 Å². The molecule has 1 aromatic carbocycles. The van der Waals surface area contributed by atoms with E-state index in [2.05, 4.69) is 61.4 Å². The van der Waals surface area contributed by atoms with Gasteiger partial charge >= 0.3 is 0 Å². The van der Waals surface area contributed by atoms with Crippen molar-refractivity contribution in [3.8, 4) is 0 Å². The van der Waals surface area contributed by atoms with E-state index in [-0.39, 0.29) is 6.04 Å². The lowest BCUT2D eigenvalue weighted by molar-refractivity contribution is 0.583. The highest BCUT2D eigenvalue weighted by Gasteiger charge is 2.16. The third kappa shape index (κ3) is 3.42. The SMILES string of the molecule is CCCNC(c1ccc(C)cc1)c1ncccc1C. The summed E-state index contributed by atoms with van der Waals surface area (Å²) in [5, 5.41) is 3.60. The predicted octanol–water partition coefficient (Wildman–Crippen LogP) is 3.79. The molecule has 0 spiro atoms. The third-order valence-corrected chi connectivity index (χ3v) is 3.33. The maximum Gasteiger partial charge on any atom is 0.0754 e. The Morgan fingerprint density at radius 1 is 1.11 bits per heavy atom. The minimum Gasteiger partial charge on any atom is -0.305 e. The maximum absolute atomic E-state index is 4.57. The predicted molar refractivity (Wildman–Crippen MR) is 80.3 cm³/mol. The second-order valence-electron chi connectivity index (χ2n) is 5.00. The molecule has 100 valence electrons. The first kappa shape index (κ1) is 13.8. The average Bonchev–Trinajstić information content (AvgIpc) is 2.43. The number of rotatable bonds is 5. The Morgan fingerprint density at radius 2 is 1.84 bits per heavy atom. The lowest BCUT2D eigenvalue weighted by Gasteiger charge is -2.20. The lowest BCUT2D eigenvalue weighted by Crippen LogP contribution is -2.24. The Hall–Kier alpha value is -1.67. The van der Waals surface area contributed by atoms with Crippen LogP contribution in [0.2, 0.25) is 0 Å². The third-order valence-electron chi connectivity index (χ3n) is 3.33. The fourth-order valence-corrected chi connectivity index (χ4v) is 2.22. The first-order valence-electron chi connectivity index (χ1n) is 6.94. The molecule has 1 heterocycles. The average molecular weight is 254 g/mol. The van der Waals surface area contributed by atoms with Gasteiger partial charge in [-0.1, -0.05) is 42.8 Å². The van der Waals surface area contributed by atoms with Crippen LogP contribution in [-0.2, 0) is 0 Å². The van der Waals surface area contributed by atoms with Crippen molar-refractivity contribution in [2.24, 2.45) is 0 Å². The summed E-state index contributed by atoms with van der Waals surface area (Å²) in [4.78, 5) is 4.57. The Morgan fingerprint density at radius 3 is 2.47 bits per heavy atom. The summed E-state index contributed by atoms with van der Waals surface area (Å²) >= 11 is 0. The van der Waals surface area contributed by atoms with Crippen molar-refractivity contribution in [2.75, 3.05) is 6.54 Å². The number of hydrogen-bond acceptors (Lipinski definition) is 2. The van der Waals surface area contributed by atoms with Crippen LogP contribution in [0.5, 0.6) is 0 Å². The van der Waals surface area contributed by atoms with Gasteiger partial charge in [0.2, 0.25) is 0 Å². The van der Waals surface area contributed by atoms with E-state index in [0.717, 1.165) is 18.7 Å². The summed E-state index contributed by atoms with van der Waals surface area (Å²) in [5.74, 6) is 0. The first-order chi connectivity index (χ1) is 9.22. The van der Waals surface area contributed by atoms with Crippen molar-refractivity contribution in [3.63, 3.8) is 0 Å². The van der Waals surface area contributed by atoms with Gasteiger partial charge in [0.15, 0.2) is 0 Å². The number of benzene rings is 1. The summed E-state index contributed by atoms with van der Waals surface area (Å²) in [6.45, 7) is 7.42. The minimum atomic E-state index is 0.182. The standard InChI is InChI=1S/C17H22N2/c1-4-11-18-17(15-9-7-13(2)8-10-15)16-14(3)6-5-12-19-16/h5-10,12,17-18H,4,11H2,1-3H3. The van der Waals surface area contributed by atoms with Crippen LogP contribution in [0, 0.1) is 13.8 Å². The van der Waals surface area contributed by atoms with Crippen molar-refractivity contribution in [1.29, 1.82) is 0 Å². The van der Waals surface area contributed by atoms with Crippen LogP contribution in [0.3, 0.4) is 0 Å². The van der Waals surface area contributed by atoms with E-state index in [1.54, 1.807) is 0 Å². The highest BCUT2D eigenvalue weighted by Crippen LogP contribution is 2.23. The Kier molecular flexibility index (Phi) is 4.69. The van der Waals surface area contributed by atoms with Crippen molar-refractivity contribution >= 4 is 0 Å². The second-order valence-corrected chi connectivity index (χ2v) is 5.00. The number of nitrogens with one attached hydrogen (secondary N) is 1. The number of aromatic nitrogens is 1. The molecule has 0 aliphatic heterocycles. The Labute approximate surface area is 115 Å². The van der Waals surface area contributed by atoms with E-state index in [4.69, 9.17) is 0 Å². The quantitative estimate of drug-likeness (QED) is 0.878. The monoisotopic (exact) mass is 254 g/mol. The van der Waals surface area contributed by atoms with E-state index in [1.165, 1.54) is 16.7 Å². The highest BCUT2D eigenvalue weighted by atomic mass is 14.9. The number of aryl methyl sites for hydroxylation is 2. The second kappa shape index (κ2) is 6.48. The van der Waals surface area contributed by atoms with Gasteiger partial charge in [-0.25, -0.2) is 0 Å². The summed E-state index contributed by atoms with van der Waals surface area (Å²) < 4.78 is 0. The maximum atomic E-state index is 4.57. The largest absolute Gasteiger partial charge is 0.305 e.